The van der Waals surface area contributed by atoms with Gasteiger partial charge in [0.05, 0.1) is 5.56 Å². The van der Waals surface area contributed by atoms with Crippen molar-refractivity contribution >= 4 is 5.91 Å². The Morgan fingerprint density at radius 2 is 1.96 bits per heavy atom. The second-order valence-electron chi connectivity index (χ2n) is 6.59. The van der Waals surface area contributed by atoms with Crippen molar-refractivity contribution in [2.75, 3.05) is 19.6 Å². The van der Waals surface area contributed by atoms with E-state index in [9.17, 15) is 23.1 Å². The predicted molar refractivity (Wildman–Crippen MR) is 84.3 cm³/mol. The molecule has 1 amide bonds. The summed E-state index contributed by atoms with van der Waals surface area (Å²) in [6, 6.07) is 5.08. The Labute approximate surface area is 139 Å². The number of halogens is 3. The van der Waals surface area contributed by atoms with Gasteiger partial charge in [-0.3, -0.25) is 9.69 Å². The molecule has 2 atom stereocenters. The van der Waals surface area contributed by atoms with Crippen LogP contribution in [0, 0.1) is 0 Å². The van der Waals surface area contributed by atoms with E-state index < -0.39 is 17.3 Å². The van der Waals surface area contributed by atoms with Gasteiger partial charge in [0, 0.05) is 26.1 Å². The number of piperidine rings is 1. The molecule has 0 radical (unpaired) electrons. The maximum absolute atomic E-state index is 13.2. The lowest BCUT2D eigenvalue weighted by atomic mass is 9.89. The normalized spacial score (nSPS) is 22.0. The Morgan fingerprint density at radius 3 is 2.54 bits per heavy atom. The molecule has 0 aromatic heterocycles. The molecule has 1 aliphatic heterocycles. The van der Waals surface area contributed by atoms with E-state index in [4.69, 9.17) is 0 Å². The summed E-state index contributed by atoms with van der Waals surface area (Å²) in [6.45, 7) is 4.12. The van der Waals surface area contributed by atoms with Gasteiger partial charge < -0.3 is 10.4 Å². The minimum atomic E-state index is -4.51. The van der Waals surface area contributed by atoms with Crippen molar-refractivity contribution in [1.82, 2.24) is 10.2 Å². The first kappa shape index (κ1) is 18.7. The number of rotatable bonds is 4. The van der Waals surface area contributed by atoms with Gasteiger partial charge >= 0.3 is 6.18 Å². The van der Waals surface area contributed by atoms with Crippen molar-refractivity contribution in [2.24, 2.45) is 0 Å². The number of β-amino-alcohol motifs (C(OH)–C–C–N with tert-alkyl or cyclic N) is 1. The van der Waals surface area contributed by atoms with Crippen LogP contribution >= 0.6 is 0 Å². The Morgan fingerprint density at radius 1 is 1.33 bits per heavy atom. The monoisotopic (exact) mass is 344 g/mol. The van der Waals surface area contributed by atoms with E-state index in [1.165, 1.54) is 32.0 Å². The first-order valence-electron chi connectivity index (χ1n) is 7.98. The van der Waals surface area contributed by atoms with Crippen molar-refractivity contribution in [1.29, 1.82) is 0 Å². The second-order valence-corrected chi connectivity index (χ2v) is 6.59. The molecule has 0 unspecified atom stereocenters. The molecule has 1 aliphatic rings. The summed E-state index contributed by atoms with van der Waals surface area (Å²) in [6.07, 6.45) is -2.86. The van der Waals surface area contributed by atoms with Crippen LogP contribution in [0.3, 0.4) is 0 Å². The molecule has 2 rings (SSSR count). The summed E-state index contributed by atoms with van der Waals surface area (Å²) in [4.78, 5) is 13.1. The minimum Gasteiger partial charge on any atom is -0.384 e. The molecular formula is C17H23F3N2O2. The molecule has 7 heteroatoms. The summed E-state index contributed by atoms with van der Waals surface area (Å²) in [5.41, 5.74) is -2.57. The fraction of sp³-hybridized carbons (Fsp3) is 0.588. The van der Waals surface area contributed by atoms with Gasteiger partial charge in [-0.1, -0.05) is 18.2 Å². The highest BCUT2D eigenvalue weighted by atomic mass is 19.4. The van der Waals surface area contributed by atoms with Crippen molar-refractivity contribution in [3.05, 3.63) is 35.4 Å². The average Bonchev–Trinajstić information content (AvgIpc) is 2.45. The summed E-state index contributed by atoms with van der Waals surface area (Å²) in [5.74, 6) is -0.129. The molecule has 1 aromatic carbocycles. The van der Waals surface area contributed by atoms with Crippen LogP contribution in [-0.2, 0) is 16.6 Å². The van der Waals surface area contributed by atoms with Crippen molar-refractivity contribution in [2.45, 2.75) is 44.5 Å². The fourth-order valence-corrected chi connectivity index (χ4v) is 3.32. The van der Waals surface area contributed by atoms with Crippen LogP contribution in [-0.4, -0.2) is 41.6 Å². The molecule has 1 aromatic rings. The van der Waals surface area contributed by atoms with Gasteiger partial charge in [-0.25, -0.2) is 0 Å². The SMILES string of the molecule is CC(=O)N[C@@H]1CCCN(C[C@](C)(O)c2ccccc2C(F)(F)F)C1. The number of alkyl halides is 3. The van der Waals surface area contributed by atoms with Crippen LogP contribution in [0.4, 0.5) is 13.2 Å². The number of aliphatic hydroxyl groups is 1. The second kappa shape index (κ2) is 7.11. The summed E-state index contributed by atoms with van der Waals surface area (Å²) in [5, 5.41) is 13.6. The highest BCUT2D eigenvalue weighted by Crippen LogP contribution is 2.37. The summed E-state index contributed by atoms with van der Waals surface area (Å²) in [7, 11) is 0. The van der Waals surface area contributed by atoms with Gasteiger partial charge in [-0.05, 0) is 37.9 Å². The highest BCUT2D eigenvalue weighted by Gasteiger charge is 2.39. The number of carbonyl (C=O) groups excluding carboxylic acids is 1. The zero-order valence-corrected chi connectivity index (χ0v) is 13.9. The molecule has 1 saturated heterocycles. The number of hydrogen-bond donors (Lipinski definition) is 2. The molecule has 1 fully saturated rings. The van der Waals surface area contributed by atoms with Gasteiger partial charge in [0.1, 0.15) is 5.60 Å². The van der Waals surface area contributed by atoms with Gasteiger partial charge in [-0.2, -0.15) is 13.2 Å². The number of carbonyl (C=O) groups is 1. The molecule has 24 heavy (non-hydrogen) atoms. The molecule has 0 saturated carbocycles. The Kier molecular flexibility index (Phi) is 5.55. The zero-order chi connectivity index (χ0) is 18.0. The number of amides is 1. The molecule has 2 N–H and O–H groups in total. The third kappa shape index (κ3) is 4.70. The van der Waals surface area contributed by atoms with E-state index in [1.807, 2.05) is 4.90 Å². The molecule has 0 spiro atoms. The largest absolute Gasteiger partial charge is 0.416 e. The first-order chi connectivity index (χ1) is 11.1. The van der Waals surface area contributed by atoms with E-state index >= 15 is 0 Å². The van der Waals surface area contributed by atoms with Crippen LogP contribution in [0.15, 0.2) is 24.3 Å². The maximum Gasteiger partial charge on any atom is 0.416 e. The van der Waals surface area contributed by atoms with Crippen LogP contribution in [0.2, 0.25) is 0 Å². The van der Waals surface area contributed by atoms with Gasteiger partial charge in [0.2, 0.25) is 5.91 Å². The Hall–Kier alpha value is -1.60. The maximum atomic E-state index is 13.2. The summed E-state index contributed by atoms with van der Waals surface area (Å²) >= 11 is 0. The van der Waals surface area contributed by atoms with Crippen LogP contribution in [0.25, 0.3) is 0 Å². The standard InChI is InChI=1S/C17H23F3N2O2/c1-12(23)21-13-6-5-9-22(10-13)11-16(2,24)14-7-3-4-8-15(14)17(18,19)20/h3-4,7-8,13,24H,5-6,9-11H2,1-2H3,(H,21,23)/t13-,16+/m1/s1. The fourth-order valence-electron chi connectivity index (χ4n) is 3.32. The highest BCUT2D eigenvalue weighted by molar-refractivity contribution is 5.73. The van der Waals surface area contributed by atoms with Crippen LogP contribution < -0.4 is 5.32 Å². The van der Waals surface area contributed by atoms with E-state index in [0.29, 0.717) is 13.1 Å². The van der Waals surface area contributed by atoms with E-state index in [1.54, 1.807) is 0 Å². The number of hydrogen-bond acceptors (Lipinski definition) is 3. The van der Waals surface area contributed by atoms with Crippen LogP contribution in [0.1, 0.15) is 37.8 Å². The van der Waals surface area contributed by atoms with E-state index in [0.717, 1.165) is 18.9 Å². The smallest absolute Gasteiger partial charge is 0.384 e. The van der Waals surface area contributed by atoms with Gasteiger partial charge in [0.25, 0.3) is 0 Å². The average molecular weight is 344 g/mol. The lowest BCUT2D eigenvalue weighted by Gasteiger charge is -2.38. The minimum absolute atomic E-state index is 0.0371. The molecule has 0 bridgehead atoms. The first-order valence-corrected chi connectivity index (χ1v) is 7.98. The lowest BCUT2D eigenvalue weighted by molar-refractivity contribution is -0.141. The van der Waals surface area contributed by atoms with Crippen LogP contribution in [0.5, 0.6) is 0 Å². The number of benzene rings is 1. The lowest BCUT2D eigenvalue weighted by Crippen LogP contribution is -2.50. The quantitative estimate of drug-likeness (QED) is 0.882. The third-order valence-corrected chi connectivity index (χ3v) is 4.26. The molecule has 0 aliphatic carbocycles. The van der Waals surface area contributed by atoms with Gasteiger partial charge in [-0.15, -0.1) is 0 Å². The number of nitrogens with one attached hydrogen (secondary N) is 1. The van der Waals surface area contributed by atoms with E-state index in [-0.39, 0.29) is 24.1 Å². The third-order valence-electron chi connectivity index (χ3n) is 4.26. The van der Waals surface area contributed by atoms with Crippen molar-refractivity contribution < 1.29 is 23.1 Å². The Bertz CT molecular complexity index is 587. The zero-order valence-electron chi connectivity index (χ0n) is 13.9. The van der Waals surface area contributed by atoms with Gasteiger partial charge in [0.15, 0.2) is 0 Å². The van der Waals surface area contributed by atoms with E-state index in [2.05, 4.69) is 5.32 Å². The van der Waals surface area contributed by atoms with Crippen molar-refractivity contribution in [3.63, 3.8) is 0 Å². The topological polar surface area (TPSA) is 52.6 Å². The Balaban J connectivity index is 2.15. The van der Waals surface area contributed by atoms with Crippen molar-refractivity contribution in [3.8, 4) is 0 Å². The molecule has 134 valence electrons. The molecule has 1 heterocycles. The number of nitrogens with zero attached hydrogens (tertiary/aromatic N) is 1. The molecule has 4 nitrogen and oxygen atoms in total. The predicted octanol–water partition coefficient (Wildman–Crippen LogP) is 2.51. The summed E-state index contributed by atoms with van der Waals surface area (Å²) < 4.78 is 39.6. The number of likely N-dealkylation sites (tertiary alicyclic amines) is 1. The molecular weight excluding hydrogens is 321 g/mol.